The molecule has 0 radical (unpaired) electrons. The third kappa shape index (κ3) is 4.99. The summed E-state index contributed by atoms with van der Waals surface area (Å²) in [4.78, 5) is 0. The summed E-state index contributed by atoms with van der Waals surface area (Å²) in [5, 5.41) is 7.27. The molecule has 0 saturated heterocycles. The fourth-order valence-electron chi connectivity index (χ4n) is 1.79. The summed E-state index contributed by atoms with van der Waals surface area (Å²) < 4.78 is 23.9. The third-order valence-electron chi connectivity index (χ3n) is 2.88. The fourth-order valence-corrected chi connectivity index (χ4v) is 1.79. The molecule has 0 aliphatic heterocycles. The average Bonchev–Trinajstić information content (AvgIpc) is 2.54. The molecule has 0 bridgehead atoms. The number of guanidine groups is 1. The number of ether oxygens (including phenoxy) is 2. The van der Waals surface area contributed by atoms with Crippen molar-refractivity contribution in [2.45, 2.75) is 6.61 Å². The van der Waals surface area contributed by atoms with E-state index in [0.717, 1.165) is 11.1 Å². The Kier molecular flexibility index (Phi) is 5.51. The Hall–Kier alpha value is -3.09. The number of hydrogen-bond donors (Lipinski definition) is 2. The SMILES string of the molecule is COc1ccc(C=NN=C(N)N)cc1OCc1ccc(F)cc1. The summed E-state index contributed by atoms with van der Waals surface area (Å²) in [6.07, 6.45) is 1.49. The minimum absolute atomic E-state index is 0.123. The number of halogens is 1. The van der Waals surface area contributed by atoms with E-state index in [1.807, 2.05) is 0 Å². The van der Waals surface area contributed by atoms with Gasteiger partial charge in [0, 0.05) is 0 Å². The minimum Gasteiger partial charge on any atom is -0.493 e. The quantitative estimate of drug-likeness (QED) is 0.484. The topological polar surface area (TPSA) is 95.2 Å². The molecule has 4 N–H and O–H groups in total. The lowest BCUT2D eigenvalue weighted by Crippen LogP contribution is -2.21. The summed E-state index contributed by atoms with van der Waals surface area (Å²) >= 11 is 0. The first-order valence-corrected chi connectivity index (χ1v) is 6.75. The molecular weight excluding hydrogens is 299 g/mol. The van der Waals surface area contributed by atoms with Gasteiger partial charge in [-0.3, -0.25) is 0 Å². The van der Waals surface area contributed by atoms with Crippen molar-refractivity contribution < 1.29 is 13.9 Å². The summed E-state index contributed by atoms with van der Waals surface area (Å²) in [6, 6.07) is 11.4. The first-order valence-electron chi connectivity index (χ1n) is 6.75. The van der Waals surface area contributed by atoms with Crippen molar-refractivity contribution in [3.8, 4) is 11.5 Å². The molecule has 0 saturated carbocycles. The third-order valence-corrected chi connectivity index (χ3v) is 2.88. The highest BCUT2D eigenvalue weighted by atomic mass is 19.1. The maximum atomic E-state index is 12.9. The van der Waals surface area contributed by atoms with Crippen molar-refractivity contribution in [1.82, 2.24) is 0 Å². The van der Waals surface area contributed by atoms with Crippen LogP contribution in [0.4, 0.5) is 4.39 Å². The molecule has 0 spiro atoms. The summed E-state index contributed by atoms with van der Waals surface area (Å²) in [5.41, 5.74) is 12.0. The maximum Gasteiger partial charge on any atom is 0.211 e. The maximum absolute atomic E-state index is 12.9. The predicted molar refractivity (Wildman–Crippen MR) is 87.1 cm³/mol. The minimum atomic E-state index is -0.288. The second kappa shape index (κ2) is 7.79. The van der Waals surface area contributed by atoms with Crippen LogP contribution in [0.3, 0.4) is 0 Å². The Bertz CT molecular complexity index is 711. The summed E-state index contributed by atoms with van der Waals surface area (Å²) in [6.45, 7) is 0.283. The highest BCUT2D eigenvalue weighted by Crippen LogP contribution is 2.28. The van der Waals surface area contributed by atoms with Crippen LogP contribution in [-0.4, -0.2) is 19.3 Å². The zero-order valence-electron chi connectivity index (χ0n) is 12.6. The molecular formula is C16H17FN4O2. The predicted octanol–water partition coefficient (Wildman–Crippen LogP) is 2.02. The van der Waals surface area contributed by atoms with Crippen molar-refractivity contribution in [3.63, 3.8) is 0 Å². The number of nitrogens with zero attached hydrogens (tertiary/aromatic N) is 2. The lowest BCUT2D eigenvalue weighted by molar-refractivity contribution is 0.284. The van der Waals surface area contributed by atoms with E-state index in [4.69, 9.17) is 20.9 Å². The van der Waals surface area contributed by atoms with Gasteiger partial charge in [-0.05, 0) is 41.5 Å². The van der Waals surface area contributed by atoms with Crippen molar-refractivity contribution in [1.29, 1.82) is 0 Å². The molecule has 120 valence electrons. The van der Waals surface area contributed by atoms with Crippen molar-refractivity contribution in [3.05, 3.63) is 59.4 Å². The lowest BCUT2D eigenvalue weighted by atomic mass is 10.2. The second-order valence-corrected chi connectivity index (χ2v) is 4.59. The van der Waals surface area contributed by atoms with Crippen LogP contribution in [0.2, 0.25) is 0 Å². The Balaban J connectivity index is 2.13. The van der Waals surface area contributed by atoms with E-state index in [9.17, 15) is 4.39 Å². The van der Waals surface area contributed by atoms with E-state index in [0.29, 0.717) is 11.5 Å². The number of hydrogen-bond acceptors (Lipinski definition) is 4. The molecule has 2 rings (SSSR count). The molecule has 2 aromatic rings. The molecule has 6 nitrogen and oxygen atoms in total. The molecule has 7 heteroatoms. The molecule has 0 heterocycles. The monoisotopic (exact) mass is 316 g/mol. The van der Waals surface area contributed by atoms with Gasteiger partial charge in [0.25, 0.3) is 0 Å². The van der Waals surface area contributed by atoms with E-state index in [2.05, 4.69) is 10.2 Å². The second-order valence-electron chi connectivity index (χ2n) is 4.59. The molecule has 0 atom stereocenters. The zero-order chi connectivity index (χ0) is 16.7. The van der Waals surface area contributed by atoms with Gasteiger partial charge >= 0.3 is 0 Å². The first-order chi connectivity index (χ1) is 11.1. The standard InChI is InChI=1S/C16H17FN4O2/c1-22-14-7-4-12(9-20-21-16(18)19)8-15(14)23-10-11-2-5-13(17)6-3-11/h2-9H,10H2,1H3,(H4,18,19,21). The van der Waals surface area contributed by atoms with Crippen molar-refractivity contribution >= 4 is 12.2 Å². The number of nitrogens with two attached hydrogens (primary N) is 2. The van der Waals surface area contributed by atoms with Crippen molar-refractivity contribution in [2.24, 2.45) is 21.7 Å². The Morgan fingerprint density at radius 1 is 1.13 bits per heavy atom. The van der Waals surface area contributed by atoms with E-state index in [1.165, 1.54) is 18.3 Å². The molecule has 23 heavy (non-hydrogen) atoms. The van der Waals surface area contributed by atoms with Crippen LogP contribution in [0.25, 0.3) is 0 Å². The molecule has 0 fully saturated rings. The Morgan fingerprint density at radius 2 is 1.87 bits per heavy atom. The van der Waals surface area contributed by atoms with Gasteiger partial charge in [0.2, 0.25) is 5.96 Å². The van der Waals surface area contributed by atoms with Crippen molar-refractivity contribution in [2.75, 3.05) is 7.11 Å². The summed E-state index contributed by atoms with van der Waals surface area (Å²) in [5.74, 6) is 0.698. The molecule has 2 aromatic carbocycles. The lowest BCUT2D eigenvalue weighted by Gasteiger charge is -2.11. The molecule has 0 aliphatic rings. The van der Waals surface area contributed by atoms with Crippen LogP contribution in [0.5, 0.6) is 11.5 Å². The highest BCUT2D eigenvalue weighted by Gasteiger charge is 2.06. The molecule has 0 aliphatic carbocycles. The largest absolute Gasteiger partial charge is 0.493 e. The normalized spacial score (nSPS) is 10.5. The average molecular weight is 316 g/mol. The Labute approximate surface area is 133 Å². The van der Waals surface area contributed by atoms with Crippen LogP contribution in [-0.2, 0) is 6.61 Å². The summed E-state index contributed by atoms with van der Waals surface area (Å²) in [7, 11) is 1.55. The van der Waals surface area contributed by atoms with E-state index in [1.54, 1.807) is 37.4 Å². The van der Waals surface area contributed by atoms with Gasteiger partial charge in [-0.2, -0.15) is 5.10 Å². The zero-order valence-corrected chi connectivity index (χ0v) is 12.6. The molecule has 0 aromatic heterocycles. The van der Waals surface area contributed by atoms with Gasteiger partial charge < -0.3 is 20.9 Å². The molecule has 0 unspecified atom stereocenters. The number of benzene rings is 2. The number of rotatable bonds is 6. The van der Waals surface area contributed by atoms with E-state index in [-0.39, 0.29) is 18.4 Å². The van der Waals surface area contributed by atoms with Gasteiger partial charge in [-0.1, -0.05) is 12.1 Å². The Morgan fingerprint density at radius 3 is 2.52 bits per heavy atom. The van der Waals surface area contributed by atoms with Crippen LogP contribution in [0.1, 0.15) is 11.1 Å². The van der Waals surface area contributed by atoms with E-state index >= 15 is 0 Å². The van der Waals surface area contributed by atoms with Crippen LogP contribution < -0.4 is 20.9 Å². The molecule has 0 amide bonds. The van der Waals surface area contributed by atoms with Gasteiger partial charge in [0.1, 0.15) is 12.4 Å². The van der Waals surface area contributed by atoms with Gasteiger partial charge in [0.05, 0.1) is 13.3 Å². The highest BCUT2D eigenvalue weighted by molar-refractivity contribution is 5.82. The first kappa shape index (κ1) is 16.3. The number of methoxy groups -OCH3 is 1. The van der Waals surface area contributed by atoms with Gasteiger partial charge in [-0.15, -0.1) is 5.10 Å². The smallest absolute Gasteiger partial charge is 0.211 e. The fraction of sp³-hybridized carbons (Fsp3) is 0.125. The van der Waals surface area contributed by atoms with Crippen LogP contribution >= 0.6 is 0 Å². The van der Waals surface area contributed by atoms with Crippen LogP contribution in [0, 0.1) is 5.82 Å². The van der Waals surface area contributed by atoms with Crippen LogP contribution in [0.15, 0.2) is 52.7 Å². The van der Waals surface area contributed by atoms with E-state index < -0.39 is 0 Å². The van der Waals surface area contributed by atoms with Gasteiger partial charge in [0.15, 0.2) is 11.5 Å². The van der Waals surface area contributed by atoms with Gasteiger partial charge in [-0.25, -0.2) is 4.39 Å².